The van der Waals surface area contributed by atoms with Crippen molar-refractivity contribution in [1.82, 2.24) is 24.8 Å². The van der Waals surface area contributed by atoms with Gasteiger partial charge in [-0.2, -0.15) is 5.26 Å². The molecule has 2 aliphatic carbocycles. The van der Waals surface area contributed by atoms with E-state index in [4.69, 9.17) is 10.00 Å². The highest BCUT2D eigenvalue weighted by molar-refractivity contribution is 6.13. The number of rotatable bonds is 4. The molecule has 0 unspecified atom stereocenters. The van der Waals surface area contributed by atoms with Gasteiger partial charge in [-0.15, -0.1) is 0 Å². The minimum Gasteiger partial charge on any atom is -0.470 e. The van der Waals surface area contributed by atoms with Crippen molar-refractivity contribution in [2.75, 3.05) is 11.4 Å². The molecule has 0 aromatic carbocycles. The number of pyridine rings is 1. The van der Waals surface area contributed by atoms with Crippen molar-refractivity contribution in [3.8, 4) is 11.9 Å². The first-order valence-corrected chi connectivity index (χ1v) is 10.5. The SMILES string of the molecule is N#Cc1cncc(N2CC(=O)N(C34CCC(Oc5ncnc6[nH]ccc56)(CC3)C4)C2=O)c1. The van der Waals surface area contributed by atoms with Crippen LogP contribution in [0.2, 0.25) is 0 Å². The van der Waals surface area contributed by atoms with Gasteiger partial charge in [0.1, 0.15) is 30.2 Å². The highest BCUT2D eigenvalue weighted by Crippen LogP contribution is 2.56. The number of imide groups is 1. The number of hydrogen-bond donors (Lipinski definition) is 1. The predicted octanol–water partition coefficient (Wildman–Crippen LogP) is 2.53. The Kier molecular flexibility index (Phi) is 3.81. The number of ether oxygens (including phenoxy) is 1. The number of aromatic nitrogens is 4. The van der Waals surface area contributed by atoms with Crippen LogP contribution in [0.5, 0.6) is 5.88 Å². The number of nitrogens with zero attached hydrogens (tertiary/aromatic N) is 6. The van der Waals surface area contributed by atoms with E-state index in [1.807, 2.05) is 12.1 Å². The molecule has 6 rings (SSSR count). The van der Waals surface area contributed by atoms with Crippen LogP contribution in [0, 0.1) is 11.3 Å². The van der Waals surface area contributed by atoms with Crippen molar-refractivity contribution in [1.29, 1.82) is 5.26 Å². The number of carbonyl (C=O) groups excluding carboxylic acids is 2. The van der Waals surface area contributed by atoms with Crippen molar-refractivity contribution >= 4 is 28.7 Å². The average Bonchev–Trinajstić information content (AvgIpc) is 3.56. The number of urea groups is 1. The fraction of sp³-hybridized carbons (Fsp3) is 0.364. The van der Waals surface area contributed by atoms with E-state index >= 15 is 0 Å². The van der Waals surface area contributed by atoms with Crippen LogP contribution in [-0.4, -0.2) is 54.5 Å². The van der Waals surface area contributed by atoms with E-state index in [1.165, 1.54) is 28.5 Å². The molecule has 3 fully saturated rings. The number of H-pyrrole nitrogens is 1. The van der Waals surface area contributed by atoms with Gasteiger partial charge in [0, 0.05) is 18.8 Å². The van der Waals surface area contributed by atoms with Gasteiger partial charge in [0.05, 0.1) is 28.4 Å². The maximum absolute atomic E-state index is 13.3. The molecule has 160 valence electrons. The maximum Gasteiger partial charge on any atom is 0.332 e. The van der Waals surface area contributed by atoms with E-state index < -0.39 is 11.1 Å². The Morgan fingerprint density at radius 1 is 1.16 bits per heavy atom. The average molecular weight is 429 g/mol. The summed E-state index contributed by atoms with van der Waals surface area (Å²) in [5, 5.41) is 9.95. The number of hydrogen-bond acceptors (Lipinski definition) is 7. The fourth-order valence-corrected chi connectivity index (χ4v) is 5.51. The van der Waals surface area contributed by atoms with Gasteiger partial charge in [-0.3, -0.25) is 19.6 Å². The number of anilines is 1. The van der Waals surface area contributed by atoms with Crippen molar-refractivity contribution in [2.45, 2.75) is 43.2 Å². The second kappa shape index (κ2) is 6.50. The Bertz CT molecular complexity index is 1300. The van der Waals surface area contributed by atoms with Gasteiger partial charge in [0.15, 0.2) is 0 Å². The van der Waals surface area contributed by atoms with Gasteiger partial charge < -0.3 is 9.72 Å². The molecule has 3 aliphatic rings. The summed E-state index contributed by atoms with van der Waals surface area (Å²) >= 11 is 0. The lowest BCUT2D eigenvalue weighted by atomic mass is 9.91. The van der Waals surface area contributed by atoms with Crippen molar-refractivity contribution < 1.29 is 14.3 Å². The predicted molar refractivity (Wildman–Crippen MR) is 112 cm³/mol. The lowest BCUT2D eigenvalue weighted by molar-refractivity contribution is -0.129. The third kappa shape index (κ3) is 2.60. The van der Waals surface area contributed by atoms with Gasteiger partial charge in [0.2, 0.25) is 5.88 Å². The Hall–Kier alpha value is -4.00. The third-order valence-corrected chi connectivity index (χ3v) is 6.98. The number of nitriles is 1. The van der Waals surface area contributed by atoms with Crippen LogP contribution in [0.25, 0.3) is 11.0 Å². The Labute approximate surface area is 182 Å². The second-order valence-electron chi connectivity index (χ2n) is 8.75. The summed E-state index contributed by atoms with van der Waals surface area (Å²) in [6.07, 6.45) is 9.64. The highest BCUT2D eigenvalue weighted by Gasteiger charge is 2.63. The quantitative estimate of drug-likeness (QED) is 0.631. The summed E-state index contributed by atoms with van der Waals surface area (Å²) in [5.74, 6) is 0.291. The molecule has 10 heteroatoms. The largest absolute Gasteiger partial charge is 0.470 e. The number of fused-ring (bicyclic) bond motifs is 3. The van der Waals surface area contributed by atoms with Crippen molar-refractivity contribution in [2.24, 2.45) is 0 Å². The summed E-state index contributed by atoms with van der Waals surface area (Å²) in [6, 6.07) is 5.12. The van der Waals surface area contributed by atoms with E-state index in [0.717, 1.165) is 18.2 Å². The molecular formula is C22H19N7O3. The molecule has 3 aromatic rings. The molecule has 1 saturated heterocycles. The third-order valence-electron chi connectivity index (χ3n) is 6.98. The fourth-order valence-electron chi connectivity index (χ4n) is 5.51. The van der Waals surface area contributed by atoms with E-state index in [2.05, 4.69) is 19.9 Å². The molecular weight excluding hydrogens is 410 g/mol. The topological polar surface area (TPSA) is 128 Å². The molecule has 3 amide bonds. The summed E-state index contributed by atoms with van der Waals surface area (Å²) in [7, 11) is 0. The first kappa shape index (κ1) is 18.7. The van der Waals surface area contributed by atoms with Crippen LogP contribution in [0.1, 0.15) is 37.7 Å². The van der Waals surface area contributed by atoms with Gasteiger partial charge in [-0.05, 0) is 37.8 Å². The molecule has 1 N–H and O–H groups in total. The molecule has 10 nitrogen and oxygen atoms in total. The highest BCUT2D eigenvalue weighted by atomic mass is 16.5. The number of amides is 3. The second-order valence-corrected chi connectivity index (χ2v) is 8.75. The van der Waals surface area contributed by atoms with Gasteiger partial charge >= 0.3 is 6.03 Å². The molecule has 4 heterocycles. The monoisotopic (exact) mass is 429 g/mol. The van der Waals surface area contributed by atoms with E-state index in [1.54, 1.807) is 12.3 Å². The minimum atomic E-state index is -0.562. The molecule has 32 heavy (non-hydrogen) atoms. The van der Waals surface area contributed by atoms with E-state index in [9.17, 15) is 9.59 Å². The number of nitrogens with one attached hydrogen (secondary N) is 1. The Balaban J connectivity index is 1.27. The van der Waals surface area contributed by atoms with Gasteiger partial charge in [-0.25, -0.2) is 14.8 Å². The van der Waals surface area contributed by atoms with Crippen LogP contribution in [-0.2, 0) is 4.79 Å². The summed E-state index contributed by atoms with van der Waals surface area (Å²) < 4.78 is 6.44. The molecule has 2 bridgehead atoms. The molecule has 0 spiro atoms. The van der Waals surface area contributed by atoms with Crippen LogP contribution < -0.4 is 9.64 Å². The molecule has 0 radical (unpaired) electrons. The first-order valence-electron chi connectivity index (χ1n) is 10.5. The molecule has 2 saturated carbocycles. The van der Waals surface area contributed by atoms with Crippen LogP contribution >= 0.6 is 0 Å². The van der Waals surface area contributed by atoms with Gasteiger partial charge in [0.25, 0.3) is 5.91 Å². The van der Waals surface area contributed by atoms with Crippen LogP contribution in [0.15, 0.2) is 37.1 Å². The minimum absolute atomic E-state index is 0.0547. The Morgan fingerprint density at radius 2 is 2.00 bits per heavy atom. The lowest BCUT2D eigenvalue weighted by Crippen LogP contribution is -2.49. The van der Waals surface area contributed by atoms with E-state index in [0.29, 0.717) is 42.0 Å². The maximum atomic E-state index is 13.3. The standard InChI is InChI=1S/C22H19N7O3/c23-8-14-7-15(10-24-9-14)28-11-17(30)29(20(28)31)21-2-4-22(12-21,5-3-21)32-19-16-1-6-25-18(16)26-13-27-19/h1,6-7,9-10,13H,2-5,11-12H2,(H,25,26,27). The zero-order valence-electron chi connectivity index (χ0n) is 17.1. The smallest absolute Gasteiger partial charge is 0.332 e. The van der Waals surface area contributed by atoms with Crippen LogP contribution in [0.3, 0.4) is 0 Å². The van der Waals surface area contributed by atoms with Crippen molar-refractivity contribution in [3.05, 3.63) is 42.6 Å². The molecule has 3 aromatic heterocycles. The summed E-state index contributed by atoms with van der Waals surface area (Å²) in [5.41, 5.74) is 0.481. The van der Waals surface area contributed by atoms with Gasteiger partial charge in [-0.1, -0.05) is 0 Å². The first-order chi connectivity index (χ1) is 15.5. The zero-order chi connectivity index (χ0) is 21.9. The normalized spacial score (nSPS) is 26.8. The van der Waals surface area contributed by atoms with Crippen molar-refractivity contribution in [3.63, 3.8) is 0 Å². The Morgan fingerprint density at radius 3 is 2.81 bits per heavy atom. The molecule has 0 atom stereocenters. The number of carbonyl (C=O) groups is 2. The van der Waals surface area contributed by atoms with E-state index in [-0.39, 0.29) is 18.5 Å². The van der Waals surface area contributed by atoms with Crippen LogP contribution in [0.4, 0.5) is 10.5 Å². The molecule has 1 aliphatic heterocycles. The lowest BCUT2D eigenvalue weighted by Gasteiger charge is -2.34. The number of aromatic amines is 1. The summed E-state index contributed by atoms with van der Waals surface area (Å²) in [6.45, 7) is -0.0547. The zero-order valence-corrected chi connectivity index (χ0v) is 17.1. The summed E-state index contributed by atoms with van der Waals surface area (Å²) in [4.78, 5) is 44.8.